The summed E-state index contributed by atoms with van der Waals surface area (Å²) in [5.41, 5.74) is 10.1. The van der Waals surface area contributed by atoms with E-state index in [0.717, 1.165) is 16.5 Å². The molecule has 4 rings (SSSR count). The van der Waals surface area contributed by atoms with Gasteiger partial charge in [0.15, 0.2) is 0 Å². The first-order valence-corrected chi connectivity index (χ1v) is 8.66. The van der Waals surface area contributed by atoms with Gasteiger partial charge >= 0.3 is 0 Å². The molecular weight excluding hydrogens is 368 g/mol. The Kier molecular flexibility index (Phi) is 4.18. The topological polar surface area (TPSA) is 63.0 Å². The van der Waals surface area contributed by atoms with E-state index in [1.54, 1.807) is 0 Å². The van der Waals surface area contributed by atoms with E-state index in [4.69, 9.17) is 4.52 Å². The van der Waals surface area contributed by atoms with Crippen molar-refractivity contribution in [3.05, 3.63) is 70.0 Å². The van der Waals surface area contributed by atoms with Gasteiger partial charge in [0.2, 0.25) is 11.7 Å². The summed E-state index contributed by atoms with van der Waals surface area (Å²) in [5.74, 6) is 1.22. The molecule has 2 heterocycles. The Morgan fingerprint density at radius 2 is 1.79 bits per heavy atom. The highest BCUT2D eigenvalue weighted by Gasteiger charge is 2.30. The van der Waals surface area contributed by atoms with Crippen molar-refractivity contribution < 1.29 is 4.52 Å². The molecule has 2 unspecified atom stereocenters. The van der Waals surface area contributed by atoms with Gasteiger partial charge in [0, 0.05) is 16.1 Å². The second kappa shape index (κ2) is 6.47. The molecule has 6 heteroatoms. The molecule has 1 aromatic heterocycles. The zero-order chi connectivity index (χ0) is 16.5. The molecule has 1 fully saturated rings. The number of nitrogens with zero attached hydrogens (tertiary/aromatic N) is 2. The van der Waals surface area contributed by atoms with Crippen molar-refractivity contribution in [2.45, 2.75) is 25.4 Å². The maximum atomic E-state index is 5.47. The van der Waals surface area contributed by atoms with E-state index in [-0.39, 0.29) is 12.1 Å². The maximum Gasteiger partial charge on any atom is 0.245 e. The predicted octanol–water partition coefficient (Wildman–Crippen LogP) is 4.09. The van der Waals surface area contributed by atoms with Crippen molar-refractivity contribution in [1.82, 2.24) is 21.0 Å². The summed E-state index contributed by atoms with van der Waals surface area (Å²) in [4.78, 5) is 4.55. The van der Waals surface area contributed by atoms with Gasteiger partial charge < -0.3 is 4.52 Å². The fraction of sp³-hybridized carbons (Fsp3) is 0.222. The molecule has 0 radical (unpaired) electrons. The molecular formula is C18H17BrN4O. The van der Waals surface area contributed by atoms with Gasteiger partial charge in [-0.05, 0) is 48.7 Å². The molecule has 0 amide bonds. The minimum atomic E-state index is 0.00584. The van der Waals surface area contributed by atoms with Gasteiger partial charge in [0.25, 0.3) is 0 Å². The van der Waals surface area contributed by atoms with Crippen molar-refractivity contribution in [2.24, 2.45) is 0 Å². The first kappa shape index (κ1) is 15.5. The smallest absolute Gasteiger partial charge is 0.245 e. The van der Waals surface area contributed by atoms with Gasteiger partial charge in [0.1, 0.15) is 6.04 Å². The van der Waals surface area contributed by atoms with Crippen LogP contribution >= 0.6 is 15.9 Å². The molecule has 3 aromatic rings. The molecule has 2 aromatic carbocycles. The van der Waals surface area contributed by atoms with Gasteiger partial charge in [-0.2, -0.15) is 4.98 Å². The van der Waals surface area contributed by atoms with Crippen molar-refractivity contribution in [3.8, 4) is 11.4 Å². The molecule has 24 heavy (non-hydrogen) atoms. The number of nitrogens with one attached hydrogen (secondary N) is 2. The third-order valence-electron chi connectivity index (χ3n) is 4.31. The third kappa shape index (κ3) is 3.00. The number of aryl methyl sites for hydroxylation is 1. The highest BCUT2D eigenvalue weighted by atomic mass is 79.9. The highest BCUT2D eigenvalue weighted by Crippen LogP contribution is 2.32. The fourth-order valence-electron chi connectivity index (χ4n) is 2.99. The Morgan fingerprint density at radius 1 is 1.04 bits per heavy atom. The molecule has 1 aliphatic heterocycles. The fourth-order valence-corrected chi connectivity index (χ4v) is 3.26. The van der Waals surface area contributed by atoms with Gasteiger partial charge in [0.05, 0.1) is 0 Å². The van der Waals surface area contributed by atoms with E-state index in [1.165, 1.54) is 11.1 Å². The Balaban J connectivity index is 1.52. The minimum Gasteiger partial charge on any atom is -0.337 e. The van der Waals surface area contributed by atoms with Crippen LogP contribution in [-0.2, 0) is 0 Å². The van der Waals surface area contributed by atoms with Crippen LogP contribution in [0.5, 0.6) is 0 Å². The van der Waals surface area contributed by atoms with Gasteiger partial charge in [-0.25, -0.2) is 10.9 Å². The summed E-state index contributed by atoms with van der Waals surface area (Å²) >= 11 is 3.43. The number of hydrazine groups is 1. The first-order valence-electron chi connectivity index (χ1n) is 7.87. The summed E-state index contributed by atoms with van der Waals surface area (Å²) in [6, 6.07) is 16.5. The normalized spacial score (nSPS) is 20.4. The lowest BCUT2D eigenvalue weighted by Gasteiger charge is -2.12. The Hall–Kier alpha value is -2.02. The van der Waals surface area contributed by atoms with Crippen molar-refractivity contribution in [2.75, 3.05) is 0 Å². The van der Waals surface area contributed by atoms with E-state index in [2.05, 4.69) is 68.1 Å². The standard InChI is InChI=1S/C18H17BrN4O/c1-11-4-2-3-5-14(11)15-10-16(22-21-15)18-20-17(23-24-18)12-6-8-13(19)9-7-12/h2-9,15-16,21-22H,10H2,1H3. The van der Waals surface area contributed by atoms with E-state index < -0.39 is 0 Å². The number of benzene rings is 2. The second-order valence-electron chi connectivity index (χ2n) is 5.95. The monoisotopic (exact) mass is 384 g/mol. The van der Waals surface area contributed by atoms with E-state index in [0.29, 0.717) is 11.7 Å². The number of hydrogen-bond donors (Lipinski definition) is 2. The molecule has 0 aliphatic carbocycles. The summed E-state index contributed by atoms with van der Waals surface area (Å²) < 4.78 is 6.50. The highest BCUT2D eigenvalue weighted by molar-refractivity contribution is 9.10. The molecule has 1 aliphatic rings. The van der Waals surface area contributed by atoms with Crippen LogP contribution < -0.4 is 10.9 Å². The Labute approximate surface area is 148 Å². The molecule has 5 nitrogen and oxygen atoms in total. The quantitative estimate of drug-likeness (QED) is 0.711. The molecule has 2 N–H and O–H groups in total. The summed E-state index contributed by atoms with van der Waals surface area (Å²) in [6.07, 6.45) is 0.868. The average Bonchev–Trinajstić information content (AvgIpc) is 3.25. The van der Waals surface area contributed by atoms with Crippen molar-refractivity contribution >= 4 is 15.9 Å². The van der Waals surface area contributed by atoms with E-state index >= 15 is 0 Å². The van der Waals surface area contributed by atoms with Crippen LogP contribution in [0.2, 0.25) is 0 Å². The average molecular weight is 385 g/mol. The van der Waals surface area contributed by atoms with E-state index in [1.807, 2.05) is 24.3 Å². The molecule has 0 bridgehead atoms. The largest absolute Gasteiger partial charge is 0.337 e. The lowest BCUT2D eigenvalue weighted by atomic mass is 9.98. The molecule has 0 saturated carbocycles. The van der Waals surface area contributed by atoms with Crippen LogP contribution in [0.3, 0.4) is 0 Å². The number of rotatable bonds is 3. The lowest BCUT2D eigenvalue weighted by molar-refractivity contribution is 0.340. The third-order valence-corrected chi connectivity index (χ3v) is 4.84. The van der Waals surface area contributed by atoms with Crippen LogP contribution in [0, 0.1) is 6.92 Å². The van der Waals surface area contributed by atoms with Crippen LogP contribution in [0.25, 0.3) is 11.4 Å². The first-order chi connectivity index (χ1) is 11.7. The van der Waals surface area contributed by atoms with Crippen molar-refractivity contribution in [3.63, 3.8) is 0 Å². The summed E-state index contributed by atoms with van der Waals surface area (Å²) in [6.45, 7) is 2.13. The SMILES string of the molecule is Cc1ccccc1C1CC(c2nc(-c3ccc(Br)cc3)no2)NN1. The Bertz CT molecular complexity index is 846. The Morgan fingerprint density at radius 3 is 2.58 bits per heavy atom. The van der Waals surface area contributed by atoms with Crippen LogP contribution in [0.4, 0.5) is 0 Å². The summed E-state index contributed by atoms with van der Waals surface area (Å²) in [5, 5.41) is 4.11. The second-order valence-corrected chi connectivity index (χ2v) is 6.86. The number of hydrogen-bond acceptors (Lipinski definition) is 5. The van der Waals surface area contributed by atoms with Crippen molar-refractivity contribution in [1.29, 1.82) is 0 Å². The van der Waals surface area contributed by atoms with Crippen LogP contribution in [-0.4, -0.2) is 10.1 Å². The number of aromatic nitrogens is 2. The maximum absolute atomic E-state index is 5.47. The predicted molar refractivity (Wildman–Crippen MR) is 95.0 cm³/mol. The van der Waals surface area contributed by atoms with Crippen LogP contribution in [0.1, 0.15) is 35.5 Å². The zero-order valence-corrected chi connectivity index (χ0v) is 14.7. The van der Waals surface area contributed by atoms with Gasteiger partial charge in [-0.1, -0.05) is 45.4 Å². The molecule has 2 atom stereocenters. The lowest BCUT2D eigenvalue weighted by Crippen LogP contribution is -2.27. The molecule has 122 valence electrons. The molecule has 1 saturated heterocycles. The van der Waals surface area contributed by atoms with Gasteiger partial charge in [-0.3, -0.25) is 0 Å². The zero-order valence-electron chi connectivity index (χ0n) is 13.2. The van der Waals surface area contributed by atoms with E-state index in [9.17, 15) is 0 Å². The van der Waals surface area contributed by atoms with Gasteiger partial charge in [-0.15, -0.1) is 0 Å². The summed E-state index contributed by atoms with van der Waals surface area (Å²) in [7, 11) is 0. The van der Waals surface area contributed by atoms with Crippen LogP contribution in [0.15, 0.2) is 57.5 Å². The number of halogens is 1. The minimum absolute atomic E-state index is 0.00584. The molecule has 0 spiro atoms.